The zero-order valence-electron chi connectivity index (χ0n) is 35.8. The first kappa shape index (κ1) is 49.9. The molecule has 1 aliphatic rings. The number of fused-ring (bicyclic) bond motifs is 1. The average molecular weight is 823 g/mol. The number of carbonyl (C=O) groups excluding carboxylic acids is 6. The summed E-state index contributed by atoms with van der Waals surface area (Å²) in [6, 6.07) is 44.0. The molecular formula is C52H54O9. The van der Waals surface area contributed by atoms with Gasteiger partial charge in [0.1, 0.15) is 43.5 Å². The lowest BCUT2D eigenvalue weighted by Crippen LogP contribution is -2.10. The second kappa shape index (κ2) is 27.4. The quantitative estimate of drug-likeness (QED) is 0.138. The minimum Gasteiger partial charge on any atom is -0.497 e. The van der Waals surface area contributed by atoms with Crippen LogP contribution in [0.25, 0.3) is 0 Å². The van der Waals surface area contributed by atoms with E-state index in [1.807, 2.05) is 97.9 Å². The van der Waals surface area contributed by atoms with Gasteiger partial charge in [-0.05, 0) is 71.8 Å². The van der Waals surface area contributed by atoms with Crippen molar-refractivity contribution < 1.29 is 43.0 Å². The number of ether oxygens (including phenoxy) is 3. The molecule has 1 aliphatic heterocycles. The van der Waals surface area contributed by atoms with Gasteiger partial charge in [0.15, 0.2) is 11.5 Å². The molecule has 0 saturated heterocycles. The van der Waals surface area contributed by atoms with Crippen LogP contribution in [0.5, 0.6) is 17.2 Å². The maximum Gasteiger partial charge on any atom is 0.231 e. The van der Waals surface area contributed by atoms with E-state index >= 15 is 0 Å². The Balaban J connectivity index is 0.000000253. The topological polar surface area (TPSA) is 130 Å². The van der Waals surface area contributed by atoms with Crippen LogP contribution in [-0.2, 0) is 5.41 Å². The van der Waals surface area contributed by atoms with E-state index in [1.165, 1.54) is 16.7 Å². The third kappa shape index (κ3) is 19.4. The molecule has 0 unspecified atom stereocenters. The van der Waals surface area contributed by atoms with Gasteiger partial charge in [-0.25, -0.2) is 0 Å². The van der Waals surface area contributed by atoms with Gasteiger partial charge in [-0.1, -0.05) is 143 Å². The first-order valence-corrected chi connectivity index (χ1v) is 19.4. The highest BCUT2D eigenvalue weighted by Gasteiger charge is 2.13. The summed E-state index contributed by atoms with van der Waals surface area (Å²) in [7, 11) is 1.59. The number of hydrogen-bond donors (Lipinski definition) is 0. The molecule has 0 spiro atoms. The third-order valence-electron chi connectivity index (χ3n) is 8.59. The van der Waals surface area contributed by atoms with E-state index in [4.69, 9.17) is 14.2 Å². The molecule has 0 fully saturated rings. The van der Waals surface area contributed by atoms with Crippen LogP contribution < -0.4 is 14.2 Å². The normalized spacial score (nSPS) is 10.3. The Morgan fingerprint density at radius 1 is 0.492 bits per heavy atom. The molecule has 0 bridgehead atoms. The van der Waals surface area contributed by atoms with Crippen molar-refractivity contribution in [1.29, 1.82) is 0 Å². The highest BCUT2D eigenvalue weighted by Crippen LogP contribution is 2.32. The third-order valence-corrected chi connectivity index (χ3v) is 8.59. The molecule has 9 nitrogen and oxygen atoms in total. The lowest BCUT2D eigenvalue weighted by atomic mass is 9.87. The summed E-state index contributed by atoms with van der Waals surface area (Å²) in [6.07, 6.45) is 5.00. The van der Waals surface area contributed by atoms with Gasteiger partial charge in [0.05, 0.1) is 7.11 Å². The van der Waals surface area contributed by atoms with Crippen LogP contribution in [0.2, 0.25) is 0 Å². The second-order valence-electron chi connectivity index (χ2n) is 14.6. The molecule has 7 rings (SSSR count). The van der Waals surface area contributed by atoms with Crippen LogP contribution >= 0.6 is 0 Å². The Morgan fingerprint density at radius 3 is 1.30 bits per heavy atom. The van der Waals surface area contributed by atoms with Crippen LogP contribution in [0.1, 0.15) is 119 Å². The summed E-state index contributed by atoms with van der Waals surface area (Å²) in [6.45, 7) is 13.0. The number of hydrogen-bond acceptors (Lipinski definition) is 9. The summed E-state index contributed by atoms with van der Waals surface area (Å²) >= 11 is 0. The molecular weight excluding hydrogens is 769 g/mol. The van der Waals surface area contributed by atoms with Crippen molar-refractivity contribution in [2.75, 3.05) is 13.9 Å². The number of rotatable bonds is 8. The van der Waals surface area contributed by atoms with Gasteiger partial charge in [0.25, 0.3) is 0 Å². The molecule has 61 heavy (non-hydrogen) atoms. The number of carbonyl (C=O) groups is 6. The summed E-state index contributed by atoms with van der Waals surface area (Å²) in [5.41, 5.74) is 8.10. The Kier molecular flexibility index (Phi) is 22.4. The molecule has 9 heteroatoms. The predicted octanol–water partition coefficient (Wildman–Crippen LogP) is 11.5. The SMILES string of the molecule is CC(C)(C)c1ccc(C=O)cc1.CC(C)c1ccc(C=O)cc1.COc1ccc(C=O)cc1.Cc1ccc(C=O)cc1.O=Cc1ccc2c(c1)OCO2.O=Cc1ccccc1. The van der Waals surface area contributed by atoms with Gasteiger partial charge >= 0.3 is 0 Å². The number of aryl methyl sites for hydroxylation is 1. The van der Waals surface area contributed by atoms with E-state index in [0.29, 0.717) is 28.5 Å². The smallest absolute Gasteiger partial charge is 0.231 e. The first-order valence-electron chi connectivity index (χ1n) is 19.4. The van der Waals surface area contributed by atoms with Crippen molar-refractivity contribution in [3.8, 4) is 17.2 Å². The van der Waals surface area contributed by atoms with Gasteiger partial charge in [0, 0.05) is 33.4 Å². The van der Waals surface area contributed by atoms with E-state index in [1.54, 1.807) is 61.7 Å². The van der Waals surface area contributed by atoms with Gasteiger partial charge in [-0.3, -0.25) is 28.8 Å². The molecule has 0 aliphatic carbocycles. The standard InChI is InChI=1S/C11H14O.C10H12O.C8H6O3.C8H8O2.C8H8O.C7H6O/c1-11(2,3)10-6-4-9(8-12)5-7-10;1-8(2)10-5-3-9(7-11)4-6-10;9-4-6-1-2-7-8(3-6)11-5-10-7;1-10-8-4-2-7(6-9)3-5-8;1-7-2-4-8(6-9)5-3-7;8-6-7-4-2-1-3-5-7/h4-8H,1-3H3;3-8H,1-2H3;1-4H,5H2;2-6H,1H3;2-6H,1H3;1-6H. The fourth-order valence-electron chi connectivity index (χ4n) is 4.87. The predicted molar refractivity (Wildman–Crippen MR) is 241 cm³/mol. The van der Waals surface area contributed by atoms with Crippen molar-refractivity contribution >= 4 is 37.7 Å². The zero-order chi connectivity index (χ0) is 45.0. The van der Waals surface area contributed by atoms with Crippen LogP contribution in [0.3, 0.4) is 0 Å². The maximum atomic E-state index is 10.4. The molecule has 0 N–H and O–H groups in total. The minimum absolute atomic E-state index is 0.168. The number of methoxy groups -OCH3 is 1. The molecule has 1 heterocycles. The van der Waals surface area contributed by atoms with Crippen molar-refractivity contribution in [2.45, 2.75) is 52.9 Å². The van der Waals surface area contributed by atoms with E-state index in [9.17, 15) is 28.8 Å². The summed E-state index contributed by atoms with van der Waals surface area (Å²) in [5.74, 6) is 2.66. The Bertz CT molecular complexity index is 2200. The monoisotopic (exact) mass is 822 g/mol. The molecule has 0 aromatic heterocycles. The summed E-state index contributed by atoms with van der Waals surface area (Å²) < 4.78 is 15.0. The number of aldehydes is 6. The minimum atomic E-state index is 0.168. The van der Waals surface area contributed by atoms with Gasteiger partial charge in [0.2, 0.25) is 6.79 Å². The van der Waals surface area contributed by atoms with Crippen LogP contribution in [0.15, 0.2) is 146 Å². The maximum absolute atomic E-state index is 10.4. The van der Waals surface area contributed by atoms with Crippen molar-refractivity contribution in [2.24, 2.45) is 0 Å². The van der Waals surface area contributed by atoms with Gasteiger partial charge in [-0.2, -0.15) is 0 Å². The number of benzene rings is 6. The van der Waals surface area contributed by atoms with Crippen molar-refractivity contribution in [3.63, 3.8) is 0 Å². The Labute approximate surface area is 359 Å². The average Bonchev–Trinajstić information content (AvgIpc) is 3.78. The molecule has 0 radical (unpaired) electrons. The summed E-state index contributed by atoms with van der Waals surface area (Å²) in [5, 5.41) is 0. The molecule has 6 aromatic carbocycles. The van der Waals surface area contributed by atoms with E-state index in [0.717, 1.165) is 65.7 Å². The van der Waals surface area contributed by atoms with Gasteiger partial charge in [-0.15, -0.1) is 0 Å². The zero-order valence-corrected chi connectivity index (χ0v) is 35.8. The Morgan fingerprint density at radius 2 is 0.885 bits per heavy atom. The Hall–Kier alpha value is -7.26. The molecule has 0 atom stereocenters. The van der Waals surface area contributed by atoms with E-state index in [2.05, 4.69) is 34.6 Å². The van der Waals surface area contributed by atoms with Crippen molar-refractivity contribution in [1.82, 2.24) is 0 Å². The largest absolute Gasteiger partial charge is 0.497 e. The summed E-state index contributed by atoms with van der Waals surface area (Å²) in [4.78, 5) is 61.3. The highest BCUT2D eigenvalue weighted by molar-refractivity contribution is 5.77. The van der Waals surface area contributed by atoms with Gasteiger partial charge < -0.3 is 14.2 Å². The fourth-order valence-corrected chi connectivity index (χ4v) is 4.87. The second-order valence-corrected chi connectivity index (χ2v) is 14.6. The van der Waals surface area contributed by atoms with Crippen LogP contribution in [-0.4, -0.2) is 51.6 Å². The highest BCUT2D eigenvalue weighted by atomic mass is 16.7. The molecule has 0 amide bonds. The van der Waals surface area contributed by atoms with Crippen LogP contribution in [0, 0.1) is 6.92 Å². The molecule has 316 valence electrons. The van der Waals surface area contributed by atoms with Crippen molar-refractivity contribution in [3.05, 3.63) is 196 Å². The first-order chi connectivity index (χ1) is 29.3. The van der Waals surface area contributed by atoms with Crippen LogP contribution in [0.4, 0.5) is 0 Å². The lowest BCUT2D eigenvalue weighted by Gasteiger charge is -2.18. The molecule has 0 saturated carbocycles. The van der Waals surface area contributed by atoms with E-state index in [-0.39, 0.29) is 12.2 Å². The molecule has 6 aromatic rings. The van der Waals surface area contributed by atoms with E-state index < -0.39 is 0 Å². The lowest BCUT2D eigenvalue weighted by molar-refractivity contribution is 0.111. The fraction of sp³-hybridized carbons (Fsp3) is 0.192.